The van der Waals surface area contributed by atoms with Crippen LogP contribution in [0.15, 0.2) is 60.1 Å². The number of hydrogen-bond donors (Lipinski definition) is 0. The number of ketones is 1. The lowest BCUT2D eigenvalue weighted by atomic mass is 9.65. The molecule has 6 aliphatic heterocycles. The molecule has 0 radical (unpaired) electrons. The third-order valence-electron chi connectivity index (χ3n) is 14.6. The van der Waals surface area contributed by atoms with E-state index in [1.54, 1.807) is 18.7 Å². The van der Waals surface area contributed by atoms with Gasteiger partial charge in [-0.2, -0.15) is 0 Å². The Morgan fingerprint density at radius 3 is 2.10 bits per heavy atom. The van der Waals surface area contributed by atoms with Gasteiger partial charge in [-0.15, -0.1) is 0 Å². The van der Waals surface area contributed by atoms with Crippen LogP contribution in [-0.4, -0.2) is 71.2 Å². The van der Waals surface area contributed by atoms with Crippen molar-refractivity contribution in [2.24, 2.45) is 37.8 Å². The first-order valence-corrected chi connectivity index (χ1v) is 19.0. The molecule has 0 spiro atoms. The summed E-state index contributed by atoms with van der Waals surface area (Å²) < 4.78 is 23.5. The van der Waals surface area contributed by atoms with Gasteiger partial charge in [-0.05, 0) is 87.4 Å². The normalized spacial score (nSPS) is 31.7. The molecular formula is C43H50N4O4. The highest BCUT2D eigenvalue weighted by Crippen LogP contribution is 2.55. The molecule has 8 heterocycles. The lowest BCUT2D eigenvalue weighted by molar-refractivity contribution is -0.116. The first-order valence-electron chi connectivity index (χ1n) is 19.0. The summed E-state index contributed by atoms with van der Waals surface area (Å²) in [5, 5.41) is 2.75. The van der Waals surface area contributed by atoms with Crippen molar-refractivity contribution >= 4 is 27.6 Å². The van der Waals surface area contributed by atoms with Gasteiger partial charge >= 0.3 is 0 Å². The van der Waals surface area contributed by atoms with E-state index in [-0.39, 0.29) is 23.7 Å². The molecule has 2 aromatic carbocycles. The van der Waals surface area contributed by atoms with Crippen molar-refractivity contribution in [2.45, 2.75) is 69.6 Å². The number of carbonyl (C=O) groups is 1. The predicted molar refractivity (Wildman–Crippen MR) is 199 cm³/mol. The number of hydrogen-bond acceptors (Lipinski definition) is 6. The summed E-state index contributed by atoms with van der Waals surface area (Å²) in [6.45, 7) is 5.51. The number of nitrogens with zero attached hydrogens (tertiary/aromatic N) is 4. The number of Topliss-reactive ketones (excluding diaryl/α,β-unsaturated/α-hetero) is 1. The molecule has 8 heteroatoms. The maximum atomic E-state index is 12.7. The highest BCUT2D eigenvalue weighted by Gasteiger charge is 2.52. The number of piperidine rings is 2. The summed E-state index contributed by atoms with van der Waals surface area (Å²) in [5.74, 6) is 2.66. The Hall–Kier alpha value is -4.01. The first-order chi connectivity index (χ1) is 24.7. The molecule has 2 fully saturated rings. The third-order valence-corrected chi connectivity index (χ3v) is 14.6. The molecule has 9 atom stereocenters. The van der Waals surface area contributed by atoms with Gasteiger partial charge in [-0.1, -0.05) is 25.1 Å². The SMILES string of the molecule is COc1cc2c(cc1[C@H](C)C1=COC[C@@H]3[C@H]1C[C@H]1c4c(c5ccccc5n4C)C[C@@H]3N1C)c1c(n2C)[C@@H]2C[C@H]3C(C(C)=O)=COC[C@H]3[C@H](C1)N2C. The molecule has 6 aliphatic rings. The molecule has 8 nitrogen and oxygen atoms in total. The molecule has 2 saturated heterocycles. The molecule has 0 amide bonds. The Labute approximate surface area is 300 Å². The van der Waals surface area contributed by atoms with Gasteiger partial charge < -0.3 is 23.3 Å². The smallest absolute Gasteiger partial charge is 0.159 e. The molecule has 2 aromatic heterocycles. The number of aromatic nitrogens is 2. The summed E-state index contributed by atoms with van der Waals surface area (Å²) in [6, 6.07) is 15.1. The number of benzene rings is 2. The summed E-state index contributed by atoms with van der Waals surface area (Å²) in [4.78, 5) is 17.9. The van der Waals surface area contributed by atoms with Gasteiger partial charge in [0.1, 0.15) is 5.75 Å². The number of rotatable bonds is 4. The largest absolute Gasteiger partial charge is 0.501 e. The highest BCUT2D eigenvalue weighted by molar-refractivity contribution is 5.94. The zero-order chi connectivity index (χ0) is 35.0. The van der Waals surface area contributed by atoms with E-state index in [9.17, 15) is 4.79 Å². The molecule has 266 valence electrons. The van der Waals surface area contributed by atoms with Crippen molar-refractivity contribution in [2.75, 3.05) is 34.4 Å². The number of aryl methyl sites for hydroxylation is 2. The summed E-state index contributed by atoms with van der Waals surface area (Å²) >= 11 is 0. The van der Waals surface area contributed by atoms with Crippen LogP contribution in [0.5, 0.6) is 5.75 Å². The summed E-state index contributed by atoms with van der Waals surface area (Å²) in [5.41, 5.74) is 12.0. The molecule has 4 aromatic rings. The highest BCUT2D eigenvalue weighted by atomic mass is 16.5. The first kappa shape index (κ1) is 31.7. The summed E-state index contributed by atoms with van der Waals surface area (Å²) in [7, 11) is 10.9. The minimum Gasteiger partial charge on any atom is -0.501 e. The number of methoxy groups -OCH3 is 1. The second-order valence-electron chi connectivity index (χ2n) is 16.5. The standard InChI is InChI=1S/C43H50N4O4/c1-22(31-18-50-20-33-26(31)13-39-42-29(15-36(33)44(39)3)24-10-8-9-11-35(24)46(42)5)25-12-28-30-16-37-34-21-51-19-32(23(2)48)27(34)14-40(45(37)4)43(30)47(6)38(28)17-41(25)49-7/h8-12,17-19,22,26-27,33-34,36-37,39-40H,13-16,20-21H2,1-7H3/t22-,26-,27-,33+,34+,36-,37-,39-,40-/m0/s1. The van der Waals surface area contributed by atoms with E-state index in [1.165, 1.54) is 49.9 Å². The second-order valence-corrected chi connectivity index (χ2v) is 16.5. The quantitative estimate of drug-likeness (QED) is 0.231. The molecule has 51 heavy (non-hydrogen) atoms. The average molecular weight is 687 g/mol. The van der Waals surface area contributed by atoms with Crippen molar-refractivity contribution < 1.29 is 19.0 Å². The average Bonchev–Trinajstić information content (AvgIpc) is 3.56. The topological polar surface area (TPSA) is 61.1 Å². The lowest BCUT2D eigenvalue weighted by Crippen LogP contribution is -2.55. The Morgan fingerprint density at radius 1 is 0.804 bits per heavy atom. The molecule has 10 rings (SSSR count). The van der Waals surface area contributed by atoms with E-state index in [1.807, 2.05) is 7.11 Å². The third kappa shape index (κ3) is 4.23. The van der Waals surface area contributed by atoms with Crippen LogP contribution in [0.3, 0.4) is 0 Å². The van der Waals surface area contributed by atoms with Crippen molar-refractivity contribution in [1.29, 1.82) is 0 Å². The van der Waals surface area contributed by atoms with Crippen LogP contribution in [0, 0.1) is 23.7 Å². The fourth-order valence-corrected chi connectivity index (χ4v) is 12.1. The van der Waals surface area contributed by atoms with E-state index >= 15 is 0 Å². The van der Waals surface area contributed by atoms with Gasteiger partial charge in [0.25, 0.3) is 0 Å². The predicted octanol–water partition coefficient (Wildman–Crippen LogP) is 6.97. The Morgan fingerprint density at radius 2 is 1.41 bits per heavy atom. The van der Waals surface area contributed by atoms with Crippen LogP contribution in [0.2, 0.25) is 0 Å². The Kier molecular flexibility index (Phi) is 6.99. The Balaban J connectivity index is 1.04. The van der Waals surface area contributed by atoms with Crippen LogP contribution in [0.4, 0.5) is 0 Å². The number of allylic oxidation sites excluding steroid dienone is 2. The van der Waals surface area contributed by atoms with Gasteiger partial charge in [0.2, 0.25) is 0 Å². The molecular weight excluding hydrogens is 636 g/mol. The van der Waals surface area contributed by atoms with Crippen molar-refractivity contribution in [3.63, 3.8) is 0 Å². The van der Waals surface area contributed by atoms with Crippen LogP contribution < -0.4 is 4.74 Å². The maximum Gasteiger partial charge on any atom is 0.159 e. The number of carbonyl (C=O) groups excluding carboxylic acids is 1. The van der Waals surface area contributed by atoms with Crippen LogP contribution in [-0.2, 0) is 41.2 Å². The second kappa shape index (κ2) is 11.2. The van der Waals surface area contributed by atoms with Gasteiger partial charge in [-0.25, -0.2) is 0 Å². The van der Waals surface area contributed by atoms with E-state index in [4.69, 9.17) is 14.2 Å². The number of likely N-dealkylation sites (N-methyl/N-ethyl adjacent to an activating group) is 2. The zero-order valence-corrected chi connectivity index (χ0v) is 31.0. The van der Waals surface area contributed by atoms with Crippen LogP contribution in [0.1, 0.15) is 72.8 Å². The van der Waals surface area contributed by atoms with Gasteiger partial charge in [-0.3, -0.25) is 14.6 Å². The minimum absolute atomic E-state index is 0.141. The zero-order valence-electron chi connectivity index (χ0n) is 31.0. The molecule has 0 aliphatic carbocycles. The maximum absolute atomic E-state index is 12.7. The fraction of sp³-hybridized carbons (Fsp3) is 0.512. The van der Waals surface area contributed by atoms with Gasteiger partial charge in [0.05, 0.1) is 50.4 Å². The van der Waals surface area contributed by atoms with E-state index < -0.39 is 0 Å². The summed E-state index contributed by atoms with van der Waals surface area (Å²) in [6.07, 6.45) is 7.91. The van der Waals surface area contributed by atoms with Gasteiger partial charge in [0.15, 0.2) is 5.78 Å². The van der Waals surface area contributed by atoms with E-state index in [0.29, 0.717) is 42.5 Å². The fourth-order valence-electron chi connectivity index (χ4n) is 12.1. The lowest BCUT2D eigenvalue weighted by Gasteiger charge is -2.53. The van der Waals surface area contributed by atoms with E-state index in [2.05, 4.69) is 96.7 Å². The van der Waals surface area contributed by atoms with Crippen molar-refractivity contribution in [3.8, 4) is 5.75 Å². The molecule has 0 saturated carbocycles. The molecule has 0 unspecified atom stereocenters. The number of fused-ring (bicyclic) bond motifs is 16. The van der Waals surface area contributed by atoms with E-state index in [0.717, 1.165) is 43.6 Å². The number of ether oxygens (including phenoxy) is 3. The van der Waals surface area contributed by atoms with Crippen molar-refractivity contribution in [1.82, 2.24) is 18.9 Å². The van der Waals surface area contributed by atoms with Crippen LogP contribution >= 0.6 is 0 Å². The van der Waals surface area contributed by atoms with Crippen LogP contribution in [0.25, 0.3) is 21.8 Å². The number of para-hydroxylation sites is 1. The van der Waals surface area contributed by atoms with Gasteiger partial charge in [0, 0.05) is 88.8 Å². The molecule has 4 bridgehead atoms. The monoisotopic (exact) mass is 686 g/mol. The molecule has 0 N–H and O–H groups in total. The Bertz CT molecular complexity index is 2190. The minimum atomic E-state index is 0.141. The van der Waals surface area contributed by atoms with Crippen molar-refractivity contribution in [3.05, 3.63) is 88.1 Å².